The van der Waals surface area contributed by atoms with Gasteiger partial charge in [-0.15, -0.1) is 0 Å². The van der Waals surface area contributed by atoms with Crippen LogP contribution in [0.4, 0.5) is 0 Å². The molecule has 0 spiro atoms. The Morgan fingerprint density at radius 1 is 1.33 bits per heavy atom. The van der Waals surface area contributed by atoms with Gasteiger partial charge in [-0.3, -0.25) is 14.5 Å². The molecule has 2 N–H and O–H groups in total. The van der Waals surface area contributed by atoms with Gasteiger partial charge in [-0.05, 0) is 33.1 Å². The fraction of sp³-hybridized carbons (Fsp3) is 0.846. The molecule has 0 saturated carbocycles. The Kier molecular flexibility index (Phi) is 5.14. The number of carbonyl (C=O) groups excluding carboxylic acids is 1. The molecule has 1 aliphatic heterocycles. The number of hydrogen-bond acceptors (Lipinski definition) is 3. The highest BCUT2D eigenvalue weighted by molar-refractivity contribution is 5.81. The summed E-state index contributed by atoms with van der Waals surface area (Å²) in [6.07, 6.45) is 1.91. The lowest BCUT2D eigenvalue weighted by molar-refractivity contribution is -0.152. The summed E-state index contributed by atoms with van der Waals surface area (Å²) in [6.45, 7) is 7.69. The molecule has 1 unspecified atom stereocenters. The number of amides is 1. The zero-order valence-electron chi connectivity index (χ0n) is 11.5. The second kappa shape index (κ2) is 6.18. The van der Waals surface area contributed by atoms with Crippen molar-refractivity contribution in [3.63, 3.8) is 0 Å². The van der Waals surface area contributed by atoms with Crippen LogP contribution in [-0.4, -0.2) is 47.6 Å². The number of likely N-dealkylation sites (tertiary alicyclic amines) is 1. The first-order valence-corrected chi connectivity index (χ1v) is 6.72. The molecular weight excluding hydrogens is 232 g/mol. The summed E-state index contributed by atoms with van der Waals surface area (Å²) in [4.78, 5) is 25.1. The molecule has 0 aromatic rings. The predicted molar refractivity (Wildman–Crippen MR) is 69.3 cm³/mol. The van der Waals surface area contributed by atoms with Gasteiger partial charge in [-0.25, -0.2) is 0 Å². The molecule has 0 radical (unpaired) electrons. The van der Waals surface area contributed by atoms with Gasteiger partial charge in [-0.1, -0.05) is 6.92 Å². The van der Waals surface area contributed by atoms with Crippen molar-refractivity contribution in [2.75, 3.05) is 19.6 Å². The highest BCUT2D eigenvalue weighted by Gasteiger charge is 2.41. The molecule has 1 atom stereocenters. The summed E-state index contributed by atoms with van der Waals surface area (Å²) >= 11 is 0. The Hall–Kier alpha value is -1.10. The van der Waals surface area contributed by atoms with E-state index >= 15 is 0 Å². The van der Waals surface area contributed by atoms with E-state index in [9.17, 15) is 14.7 Å². The van der Waals surface area contributed by atoms with Gasteiger partial charge in [-0.2, -0.15) is 0 Å². The first-order valence-electron chi connectivity index (χ1n) is 6.72. The molecule has 18 heavy (non-hydrogen) atoms. The molecule has 5 nitrogen and oxygen atoms in total. The van der Waals surface area contributed by atoms with Crippen molar-refractivity contribution < 1.29 is 14.7 Å². The molecule has 0 aromatic carbocycles. The molecule has 1 amide bonds. The lowest BCUT2D eigenvalue weighted by Crippen LogP contribution is -2.51. The quantitative estimate of drug-likeness (QED) is 0.772. The van der Waals surface area contributed by atoms with Crippen LogP contribution in [0.3, 0.4) is 0 Å². The van der Waals surface area contributed by atoms with Crippen LogP contribution in [0.15, 0.2) is 0 Å². The molecule has 1 saturated heterocycles. The predicted octanol–water partition coefficient (Wildman–Crippen LogP) is 1.09. The van der Waals surface area contributed by atoms with Gasteiger partial charge in [0.2, 0.25) is 5.91 Å². The van der Waals surface area contributed by atoms with Crippen molar-refractivity contribution >= 4 is 11.9 Å². The Labute approximate surface area is 109 Å². The number of nitrogens with zero attached hydrogens (tertiary/aromatic N) is 1. The van der Waals surface area contributed by atoms with Crippen molar-refractivity contribution in [1.29, 1.82) is 0 Å². The zero-order valence-corrected chi connectivity index (χ0v) is 11.5. The molecule has 104 valence electrons. The maximum Gasteiger partial charge on any atom is 0.309 e. The number of likely N-dealkylation sites (N-methyl/N-ethyl adjacent to an activating group) is 1. The smallest absolute Gasteiger partial charge is 0.309 e. The van der Waals surface area contributed by atoms with Crippen LogP contribution in [0, 0.1) is 5.41 Å². The third kappa shape index (κ3) is 3.02. The highest BCUT2D eigenvalue weighted by atomic mass is 16.4. The van der Waals surface area contributed by atoms with Gasteiger partial charge in [0, 0.05) is 19.6 Å². The van der Waals surface area contributed by atoms with E-state index in [0.29, 0.717) is 38.9 Å². The van der Waals surface area contributed by atoms with E-state index in [-0.39, 0.29) is 11.9 Å². The van der Waals surface area contributed by atoms with Crippen molar-refractivity contribution in [3.8, 4) is 0 Å². The van der Waals surface area contributed by atoms with Crippen LogP contribution < -0.4 is 5.32 Å². The Morgan fingerprint density at radius 2 is 1.89 bits per heavy atom. The summed E-state index contributed by atoms with van der Waals surface area (Å²) < 4.78 is 0. The van der Waals surface area contributed by atoms with Crippen LogP contribution in [0.1, 0.15) is 40.0 Å². The number of carbonyl (C=O) groups is 2. The van der Waals surface area contributed by atoms with Crippen LogP contribution in [0.2, 0.25) is 0 Å². The largest absolute Gasteiger partial charge is 0.481 e. The molecular formula is C13H24N2O3. The lowest BCUT2D eigenvalue weighted by atomic mass is 9.76. The molecule has 0 bridgehead atoms. The van der Waals surface area contributed by atoms with Gasteiger partial charge >= 0.3 is 5.97 Å². The number of carboxylic acids is 1. The Balaban J connectivity index is 2.58. The third-order valence-corrected chi connectivity index (χ3v) is 4.16. The molecule has 1 fully saturated rings. The van der Waals surface area contributed by atoms with E-state index in [1.54, 1.807) is 0 Å². The maximum absolute atomic E-state index is 11.7. The minimum atomic E-state index is -0.699. The second-order valence-electron chi connectivity index (χ2n) is 5.05. The van der Waals surface area contributed by atoms with Crippen molar-refractivity contribution in [2.24, 2.45) is 5.41 Å². The monoisotopic (exact) mass is 256 g/mol. The SMILES string of the molecule is CCNC(=O)C(C)N1CCC(CC)(C(=O)O)CC1. The topological polar surface area (TPSA) is 69.6 Å². The van der Waals surface area contributed by atoms with Crippen molar-refractivity contribution in [1.82, 2.24) is 10.2 Å². The van der Waals surface area contributed by atoms with E-state index in [2.05, 4.69) is 10.2 Å². The van der Waals surface area contributed by atoms with E-state index in [4.69, 9.17) is 0 Å². The van der Waals surface area contributed by atoms with E-state index in [1.165, 1.54) is 0 Å². The van der Waals surface area contributed by atoms with Gasteiger partial charge in [0.15, 0.2) is 0 Å². The summed E-state index contributed by atoms with van der Waals surface area (Å²) in [7, 11) is 0. The van der Waals surface area contributed by atoms with Crippen molar-refractivity contribution in [2.45, 2.75) is 46.1 Å². The minimum Gasteiger partial charge on any atom is -0.481 e. The van der Waals surface area contributed by atoms with E-state index < -0.39 is 11.4 Å². The van der Waals surface area contributed by atoms with E-state index in [0.717, 1.165) is 0 Å². The normalized spacial score (nSPS) is 21.3. The second-order valence-corrected chi connectivity index (χ2v) is 5.05. The van der Waals surface area contributed by atoms with Gasteiger partial charge in [0.25, 0.3) is 0 Å². The van der Waals surface area contributed by atoms with Crippen LogP contribution in [0.25, 0.3) is 0 Å². The summed E-state index contributed by atoms with van der Waals surface area (Å²) in [5.74, 6) is -0.674. The fourth-order valence-electron chi connectivity index (χ4n) is 2.55. The summed E-state index contributed by atoms with van der Waals surface area (Å²) in [5, 5.41) is 12.1. The van der Waals surface area contributed by atoms with Crippen molar-refractivity contribution in [3.05, 3.63) is 0 Å². The first-order chi connectivity index (χ1) is 8.46. The molecule has 1 rings (SSSR count). The molecule has 1 heterocycles. The van der Waals surface area contributed by atoms with Crippen LogP contribution in [-0.2, 0) is 9.59 Å². The summed E-state index contributed by atoms with van der Waals surface area (Å²) in [6, 6.07) is -0.173. The van der Waals surface area contributed by atoms with Crippen LogP contribution >= 0.6 is 0 Å². The average Bonchev–Trinajstić information content (AvgIpc) is 2.38. The number of aliphatic carboxylic acids is 1. The average molecular weight is 256 g/mol. The van der Waals surface area contributed by atoms with Crippen LogP contribution in [0.5, 0.6) is 0 Å². The van der Waals surface area contributed by atoms with Gasteiger partial charge in [0.05, 0.1) is 11.5 Å². The zero-order chi connectivity index (χ0) is 13.8. The number of rotatable bonds is 5. The lowest BCUT2D eigenvalue weighted by Gasteiger charge is -2.40. The first kappa shape index (κ1) is 15.0. The number of carboxylic acid groups (broad SMARTS) is 1. The Bertz CT molecular complexity index is 309. The van der Waals surface area contributed by atoms with E-state index in [1.807, 2.05) is 20.8 Å². The molecule has 5 heteroatoms. The number of nitrogens with one attached hydrogen (secondary N) is 1. The Morgan fingerprint density at radius 3 is 2.28 bits per heavy atom. The van der Waals surface area contributed by atoms with Gasteiger partial charge < -0.3 is 10.4 Å². The summed E-state index contributed by atoms with van der Waals surface area (Å²) in [5.41, 5.74) is -0.586. The molecule has 0 aromatic heterocycles. The fourth-order valence-corrected chi connectivity index (χ4v) is 2.55. The number of piperidine rings is 1. The maximum atomic E-state index is 11.7. The van der Waals surface area contributed by atoms with Gasteiger partial charge in [0.1, 0.15) is 0 Å². The number of hydrogen-bond donors (Lipinski definition) is 2. The third-order valence-electron chi connectivity index (χ3n) is 4.16. The molecule has 0 aliphatic carbocycles. The highest BCUT2D eigenvalue weighted by Crippen LogP contribution is 2.35. The molecule has 1 aliphatic rings. The standard InChI is InChI=1S/C13H24N2O3/c1-4-13(12(17)18)6-8-15(9-7-13)10(3)11(16)14-5-2/h10H,4-9H2,1-3H3,(H,14,16)(H,17,18). The minimum absolute atomic E-state index is 0.0248.